The van der Waals surface area contributed by atoms with Crippen LogP contribution >= 0.6 is 11.3 Å². The van der Waals surface area contributed by atoms with Crippen molar-refractivity contribution in [1.82, 2.24) is 4.68 Å². The lowest BCUT2D eigenvalue weighted by molar-refractivity contribution is -0.137. The average Bonchev–Trinajstić information content (AvgIpc) is 3.17. The molecule has 0 aliphatic heterocycles. The Morgan fingerprint density at radius 2 is 1.89 bits per heavy atom. The van der Waals surface area contributed by atoms with Crippen LogP contribution in [0.4, 0.5) is 13.2 Å². The molecule has 0 amide bonds. The number of thiophene rings is 1. The first-order chi connectivity index (χ1) is 12.8. The highest BCUT2D eigenvalue weighted by Crippen LogP contribution is 2.34. The maximum absolute atomic E-state index is 13.4. The van der Waals surface area contributed by atoms with Crippen molar-refractivity contribution in [2.75, 3.05) is 0 Å². The van der Waals surface area contributed by atoms with Crippen LogP contribution in [0.25, 0.3) is 10.6 Å². The lowest BCUT2D eigenvalue weighted by Crippen LogP contribution is -2.26. The van der Waals surface area contributed by atoms with Gasteiger partial charge in [0.15, 0.2) is 0 Å². The molecule has 0 aliphatic carbocycles. The third-order valence-corrected chi connectivity index (χ3v) is 4.71. The summed E-state index contributed by atoms with van der Waals surface area (Å²) in [6.07, 6.45) is -4.83. The molecule has 3 rings (SSSR count). The molecule has 3 aromatic rings. The molecule has 8 heteroatoms. The molecule has 2 aromatic heterocycles. The molecule has 0 spiro atoms. The molecule has 0 saturated heterocycles. The number of hydrogen-bond donors (Lipinski definition) is 0. The summed E-state index contributed by atoms with van der Waals surface area (Å²) in [5.74, 6) is 0. The first-order valence-electron chi connectivity index (χ1n) is 7.75. The Bertz CT molecular complexity index is 1090. The molecule has 0 N–H and O–H groups in total. The number of hydrogen-bond acceptors (Lipinski definition) is 4. The summed E-state index contributed by atoms with van der Waals surface area (Å²) in [6, 6.07) is 14.3. The van der Waals surface area contributed by atoms with Crippen molar-refractivity contribution in [3.05, 3.63) is 81.0 Å². The van der Waals surface area contributed by atoms with Gasteiger partial charge in [-0.05, 0) is 30.0 Å². The van der Waals surface area contributed by atoms with Gasteiger partial charge in [-0.25, -0.2) is 0 Å². The molecule has 1 aromatic carbocycles. The maximum atomic E-state index is 13.4. The van der Waals surface area contributed by atoms with Crippen LogP contribution in [0.3, 0.4) is 0 Å². The predicted molar refractivity (Wildman–Crippen MR) is 97.8 cm³/mol. The van der Waals surface area contributed by atoms with Crippen molar-refractivity contribution in [3.8, 4) is 16.6 Å². The van der Waals surface area contributed by atoms with Gasteiger partial charge in [0.25, 0.3) is 5.56 Å². The zero-order chi connectivity index (χ0) is 19.6. The molecular formula is C19H12F3N3OS. The minimum atomic E-state index is -4.83. The predicted octanol–water partition coefficient (Wildman–Crippen LogP) is 4.74. The summed E-state index contributed by atoms with van der Waals surface area (Å²) in [6.45, 7) is 1.64. The number of alkyl halides is 3. The summed E-state index contributed by atoms with van der Waals surface area (Å²) < 4.78 is 41.0. The minimum absolute atomic E-state index is 0.0170. The summed E-state index contributed by atoms with van der Waals surface area (Å²) >= 11 is 1.18. The van der Waals surface area contributed by atoms with Crippen LogP contribution in [0.2, 0.25) is 0 Å². The molecular weight excluding hydrogens is 375 g/mol. The second kappa shape index (κ2) is 7.21. The van der Waals surface area contributed by atoms with Gasteiger partial charge in [-0.2, -0.15) is 28.2 Å². The fraction of sp³-hybridized carbons (Fsp3) is 0.105. The lowest BCUT2D eigenvalue weighted by Gasteiger charge is -2.14. The molecule has 2 heterocycles. The highest BCUT2D eigenvalue weighted by Gasteiger charge is 2.36. The van der Waals surface area contributed by atoms with Gasteiger partial charge in [-0.3, -0.25) is 4.79 Å². The van der Waals surface area contributed by atoms with Crippen molar-refractivity contribution in [2.24, 2.45) is 5.10 Å². The smallest absolute Gasteiger partial charge is 0.266 e. The van der Waals surface area contributed by atoms with E-state index in [2.05, 4.69) is 5.10 Å². The van der Waals surface area contributed by atoms with E-state index < -0.39 is 22.9 Å². The summed E-state index contributed by atoms with van der Waals surface area (Å²) in [7, 11) is 0. The molecule has 0 saturated carbocycles. The van der Waals surface area contributed by atoms with Gasteiger partial charge in [0.05, 0.1) is 21.8 Å². The Balaban J connectivity index is 2.33. The van der Waals surface area contributed by atoms with E-state index in [0.29, 0.717) is 16.2 Å². The number of halogens is 3. The molecule has 0 radical (unpaired) electrons. The molecule has 0 unspecified atom stereocenters. The zero-order valence-electron chi connectivity index (χ0n) is 14.0. The van der Waals surface area contributed by atoms with E-state index in [1.165, 1.54) is 17.4 Å². The largest absolute Gasteiger partial charge is 0.417 e. The molecule has 136 valence electrons. The number of rotatable bonds is 3. The summed E-state index contributed by atoms with van der Waals surface area (Å²) in [5, 5.41) is 15.1. The minimum Gasteiger partial charge on any atom is -0.266 e. The van der Waals surface area contributed by atoms with Crippen LogP contribution < -0.4 is 5.56 Å². The van der Waals surface area contributed by atoms with E-state index in [9.17, 15) is 18.0 Å². The zero-order valence-corrected chi connectivity index (χ0v) is 14.8. The number of nitrogens with zero attached hydrogens (tertiary/aromatic N) is 3. The Morgan fingerprint density at radius 3 is 2.44 bits per heavy atom. The van der Waals surface area contributed by atoms with Gasteiger partial charge < -0.3 is 0 Å². The Labute approximate surface area is 156 Å². The quantitative estimate of drug-likeness (QED) is 0.610. The highest BCUT2D eigenvalue weighted by molar-refractivity contribution is 7.13. The first-order valence-corrected chi connectivity index (χ1v) is 8.63. The van der Waals surface area contributed by atoms with E-state index >= 15 is 0 Å². The van der Waals surface area contributed by atoms with Gasteiger partial charge in [-0.15, -0.1) is 11.3 Å². The summed E-state index contributed by atoms with van der Waals surface area (Å²) in [5.41, 5.74) is -2.23. The van der Waals surface area contributed by atoms with Crippen molar-refractivity contribution in [2.45, 2.75) is 13.1 Å². The number of pyridine rings is 1. The van der Waals surface area contributed by atoms with Crippen LogP contribution in [0, 0.1) is 11.3 Å². The normalized spacial score (nSPS) is 12.0. The Hall–Kier alpha value is -3.18. The van der Waals surface area contributed by atoms with Crippen LogP contribution in [0.15, 0.2) is 63.8 Å². The number of aromatic nitrogens is 1. The monoisotopic (exact) mass is 387 g/mol. The van der Waals surface area contributed by atoms with Gasteiger partial charge in [0.1, 0.15) is 11.6 Å². The molecule has 0 aliphatic rings. The van der Waals surface area contributed by atoms with Crippen molar-refractivity contribution < 1.29 is 13.2 Å². The van der Waals surface area contributed by atoms with Crippen LogP contribution in [-0.2, 0) is 6.18 Å². The van der Waals surface area contributed by atoms with Gasteiger partial charge in [0, 0.05) is 0 Å². The standard InChI is InChI=1S/C19H12F3N3OS/c1-12(13-6-3-2-4-7-13)24-25-16(17-8-5-9-27-17)10-15(19(20,21)22)14(11-23)18(25)26/h2-10H,1H3. The van der Waals surface area contributed by atoms with Gasteiger partial charge in [0.2, 0.25) is 0 Å². The van der Waals surface area contributed by atoms with Crippen molar-refractivity contribution in [1.29, 1.82) is 5.26 Å². The Morgan fingerprint density at radius 1 is 1.19 bits per heavy atom. The fourth-order valence-corrected chi connectivity index (χ4v) is 3.25. The van der Waals surface area contributed by atoms with E-state index in [1.807, 2.05) is 6.07 Å². The van der Waals surface area contributed by atoms with Crippen molar-refractivity contribution in [3.63, 3.8) is 0 Å². The number of benzene rings is 1. The second-order valence-corrected chi connectivity index (χ2v) is 6.52. The van der Waals surface area contributed by atoms with Crippen LogP contribution in [0.5, 0.6) is 0 Å². The maximum Gasteiger partial charge on any atom is 0.417 e. The van der Waals surface area contributed by atoms with E-state index in [0.717, 1.165) is 10.7 Å². The molecule has 4 nitrogen and oxygen atoms in total. The SMILES string of the molecule is CC(=Nn1c(-c2cccs2)cc(C(F)(F)F)c(C#N)c1=O)c1ccccc1. The Kier molecular flexibility index (Phi) is 4.97. The fourth-order valence-electron chi connectivity index (χ4n) is 2.52. The first kappa shape index (κ1) is 18.6. The molecule has 27 heavy (non-hydrogen) atoms. The topological polar surface area (TPSA) is 58.1 Å². The lowest BCUT2D eigenvalue weighted by atomic mass is 10.1. The second-order valence-electron chi connectivity index (χ2n) is 5.57. The summed E-state index contributed by atoms with van der Waals surface area (Å²) in [4.78, 5) is 13.1. The molecule has 0 bridgehead atoms. The highest BCUT2D eigenvalue weighted by atomic mass is 32.1. The average molecular weight is 387 g/mol. The third kappa shape index (κ3) is 3.68. The van der Waals surface area contributed by atoms with Crippen LogP contribution in [-0.4, -0.2) is 10.4 Å². The van der Waals surface area contributed by atoms with Crippen LogP contribution in [0.1, 0.15) is 23.6 Å². The number of nitriles is 1. The molecule has 0 fully saturated rings. The van der Waals surface area contributed by atoms with E-state index in [-0.39, 0.29) is 5.69 Å². The van der Waals surface area contributed by atoms with E-state index in [1.54, 1.807) is 48.7 Å². The van der Waals surface area contributed by atoms with Gasteiger partial charge in [-0.1, -0.05) is 36.4 Å². The third-order valence-electron chi connectivity index (χ3n) is 3.82. The molecule has 0 atom stereocenters. The van der Waals surface area contributed by atoms with Crippen molar-refractivity contribution >= 4 is 17.0 Å². The van der Waals surface area contributed by atoms with E-state index in [4.69, 9.17) is 5.26 Å². The van der Waals surface area contributed by atoms with Gasteiger partial charge >= 0.3 is 6.18 Å².